The van der Waals surface area contributed by atoms with Gasteiger partial charge in [-0.3, -0.25) is 4.79 Å². The first-order chi connectivity index (χ1) is 12.0. The number of amides is 1. The highest BCUT2D eigenvalue weighted by molar-refractivity contribution is 7.89. The van der Waals surface area contributed by atoms with E-state index in [-0.39, 0.29) is 17.3 Å². The third-order valence-corrected chi connectivity index (χ3v) is 5.75. The van der Waals surface area contributed by atoms with Crippen molar-refractivity contribution < 1.29 is 13.2 Å². The van der Waals surface area contributed by atoms with Gasteiger partial charge in [0.05, 0.1) is 4.90 Å². The van der Waals surface area contributed by atoms with Gasteiger partial charge in [0, 0.05) is 25.2 Å². The zero-order valence-corrected chi connectivity index (χ0v) is 15.1. The molecule has 132 valence electrons. The van der Waals surface area contributed by atoms with Gasteiger partial charge in [0.1, 0.15) is 0 Å². The first kappa shape index (κ1) is 17.6. The number of sulfonamides is 1. The minimum atomic E-state index is -3.59. The number of piperidine rings is 1. The van der Waals surface area contributed by atoms with Gasteiger partial charge in [-0.2, -0.15) is 0 Å². The van der Waals surface area contributed by atoms with Crippen molar-refractivity contribution in [2.45, 2.75) is 37.6 Å². The number of carbonyl (C=O) groups is 1. The van der Waals surface area contributed by atoms with Gasteiger partial charge in [-0.05, 0) is 49.6 Å². The molecule has 1 N–H and O–H groups in total. The first-order valence-electron chi connectivity index (χ1n) is 8.41. The van der Waals surface area contributed by atoms with E-state index in [0.717, 1.165) is 29.7 Å². The van der Waals surface area contributed by atoms with Crippen LogP contribution in [0.15, 0.2) is 53.4 Å². The van der Waals surface area contributed by atoms with Crippen LogP contribution in [-0.4, -0.2) is 20.9 Å². The van der Waals surface area contributed by atoms with E-state index in [1.807, 2.05) is 31.2 Å². The van der Waals surface area contributed by atoms with Gasteiger partial charge < -0.3 is 4.90 Å². The Hall–Kier alpha value is -2.18. The van der Waals surface area contributed by atoms with Crippen LogP contribution in [0.4, 0.5) is 5.69 Å². The second kappa shape index (κ2) is 7.37. The molecular weight excluding hydrogens is 336 g/mol. The summed E-state index contributed by atoms with van der Waals surface area (Å²) in [5, 5.41) is 0. The summed E-state index contributed by atoms with van der Waals surface area (Å²) in [6.07, 6.45) is 2.45. The number of nitrogens with zero attached hydrogens (tertiary/aromatic N) is 1. The van der Waals surface area contributed by atoms with E-state index in [4.69, 9.17) is 0 Å². The average Bonchev–Trinajstić information content (AvgIpc) is 2.61. The van der Waals surface area contributed by atoms with Crippen LogP contribution < -0.4 is 9.62 Å². The van der Waals surface area contributed by atoms with Crippen LogP contribution in [0.3, 0.4) is 0 Å². The number of hydrogen-bond acceptors (Lipinski definition) is 3. The van der Waals surface area contributed by atoms with Crippen molar-refractivity contribution in [2.75, 3.05) is 11.4 Å². The zero-order valence-electron chi connectivity index (χ0n) is 14.2. The average molecular weight is 358 g/mol. The van der Waals surface area contributed by atoms with Crippen LogP contribution in [-0.2, 0) is 21.4 Å². The Bertz CT molecular complexity index is 860. The molecule has 0 saturated carbocycles. The molecule has 1 saturated heterocycles. The minimum absolute atomic E-state index is 0.0967. The number of anilines is 1. The van der Waals surface area contributed by atoms with Crippen LogP contribution in [0.2, 0.25) is 0 Å². The summed E-state index contributed by atoms with van der Waals surface area (Å²) in [6, 6.07) is 14.2. The van der Waals surface area contributed by atoms with E-state index in [2.05, 4.69) is 4.72 Å². The number of hydrogen-bond donors (Lipinski definition) is 1. The Morgan fingerprint density at radius 2 is 1.84 bits per heavy atom. The molecule has 3 rings (SSSR count). The maximum absolute atomic E-state index is 12.5. The number of carbonyl (C=O) groups excluding carboxylic acids is 1. The molecular formula is C19H22N2O3S. The Balaban J connectivity index is 1.71. The second-order valence-electron chi connectivity index (χ2n) is 6.31. The standard InChI is InChI=1S/C19H22N2O3S/c1-15-5-4-6-16(13-15)14-20-25(23,24)18-10-8-17(9-11-18)21-12-3-2-7-19(21)22/h4-6,8-11,13,20H,2-3,7,12,14H2,1H3. The third kappa shape index (κ3) is 4.27. The van der Waals surface area contributed by atoms with Crippen molar-refractivity contribution in [3.05, 3.63) is 59.7 Å². The van der Waals surface area contributed by atoms with Gasteiger partial charge >= 0.3 is 0 Å². The summed E-state index contributed by atoms with van der Waals surface area (Å²) < 4.78 is 27.5. The van der Waals surface area contributed by atoms with Crippen molar-refractivity contribution in [2.24, 2.45) is 0 Å². The summed E-state index contributed by atoms with van der Waals surface area (Å²) in [5.41, 5.74) is 2.76. The number of benzene rings is 2. The van der Waals surface area contributed by atoms with Crippen LogP contribution in [0.25, 0.3) is 0 Å². The predicted molar refractivity (Wildman–Crippen MR) is 97.9 cm³/mol. The van der Waals surface area contributed by atoms with Gasteiger partial charge in [0.25, 0.3) is 0 Å². The fraction of sp³-hybridized carbons (Fsp3) is 0.316. The lowest BCUT2D eigenvalue weighted by Crippen LogP contribution is -2.35. The normalized spacial score (nSPS) is 15.4. The molecule has 1 fully saturated rings. The molecule has 0 unspecified atom stereocenters. The van der Waals surface area contributed by atoms with E-state index in [0.29, 0.717) is 13.0 Å². The van der Waals surface area contributed by atoms with Crippen molar-refractivity contribution in [3.8, 4) is 0 Å². The van der Waals surface area contributed by atoms with Crippen molar-refractivity contribution in [3.63, 3.8) is 0 Å². The highest BCUT2D eigenvalue weighted by atomic mass is 32.2. The van der Waals surface area contributed by atoms with Gasteiger partial charge in [0.15, 0.2) is 0 Å². The lowest BCUT2D eigenvalue weighted by atomic mass is 10.1. The maximum atomic E-state index is 12.5. The quantitative estimate of drug-likeness (QED) is 0.893. The van der Waals surface area contributed by atoms with Crippen molar-refractivity contribution in [1.82, 2.24) is 4.72 Å². The van der Waals surface area contributed by atoms with E-state index in [1.165, 1.54) is 0 Å². The smallest absolute Gasteiger partial charge is 0.240 e. The summed E-state index contributed by atoms with van der Waals surface area (Å²) in [7, 11) is -3.59. The van der Waals surface area contributed by atoms with E-state index >= 15 is 0 Å². The van der Waals surface area contributed by atoms with Crippen molar-refractivity contribution in [1.29, 1.82) is 0 Å². The van der Waals surface area contributed by atoms with Gasteiger partial charge in [-0.25, -0.2) is 13.1 Å². The monoisotopic (exact) mass is 358 g/mol. The highest BCUT2D eigenvalue weighted by Crippen LogP contribution is 2.22. The molecule has 2 aromatic carbocycles. The van der Waals surface area contributed by atoms with Crippen LogP contribution in [0.5, 0.6) is 0 Å². The molecule has 5 nitrogen and oxygen atoms in total. The van der Waals surface area contributed by atoms with Gasteiger partial charge in [0.2, 0.25) is 15.9 Å². The fourth-order valence-corrected chi connectivity index (χ4v) is 3.99. The van der Waals surface area contributed by atoms with E-state index in [1.54, 1.807) is 29.2 Å². The third-order valence-electron chi connectivity index (χ3n) is 4.33. The molecule has 0 aliphatic carbocycles. The summed E-state index contributed by atoms with van der Waals surface area (Å²) in [4.78, 5) is 13.9. The van der Waals surface area contributed by atoms with Crippen LogP contribution in [0.1, 0.15) is 30.4 Å². The Labute approximate surface area is 148 Å². The maximum Gasteiger partial charge on any atom is 0.240 e. The van der Waals surface area contributed by atoms with Crippen LogP contribution in [0, 0.1) is 6.92 Å². The fourth-order valence-electron chi connectivity index (χ4n) is 2.97. The molecule has 1 amide bonds. The Kier molecular flexibility index (Phi) is 5.20. The van der Waals surface area contributed by atoms with E-state index in [9.17, 15) is 13.2 Å². The van der Waals surface area contributed by atoms with Crippen LogP contribution >= 0.6 is 0 Å². The molecule has 0 radical (unpaired) electrons. The molecule has 2 aromatic rings. The first-order valence-corrected chi connectivity index (χ1v) is 9.90. The Morgan fingerprint density at radius 3 is 2.52 bits per heavy atom. The molecule has 1 heterocycles. The van der Waals surface area contributed by atoms with Gasteiger partial charge in [-0.1, -0.05) is 29.8 Å². The Morgan fingerprint density at radius 1 is 1.08 bits per heavy atom. The molecule has 0 spiro atoms. The zero-order chi connectivity index (χ0) is 17.9. The lowest BCUT2D eigenvalue weighted by Gasteiger charge is -2.26. The molecule has 6 heteroatoms. The molecule has 25 heavy (non-hydrogen) atoms. The second-order valence-corrected chi connectivity index (χ2v) is 8.08. The van der Waals surface area contributed by atoms with E-state index < -0.39 is 10.0 Å². The minimum Gasteiger partial charge on any atom is -0.312 e. The topological polar surface area (TPSA) is 66.5 Å². The summed E-state index contributed by atoms with van der Waals surface area (Å²) >= 11 is 0. The highest BCUT2D eigenvalue weighted by Gasteiger charge is 2.20. The molecule has 1 aliphatic heterocycles. The number of rotatable bonds is 5. The molecule has 0 bridgehead atoms. The predicted octanol–water partition coefficient (Wildman–Crippen LogP) is 2.99. The molecule has 0 atom stereocenters. The summed E-state index contributed by atoms with van der Waals surface area (Å²) in [6.45, 7) is 2.91. The summed E-state index contributed by atoms with van der Waals surface area (Å²) in [5.74, 6) is 0.0967. The lowest BCUT2D eigenvalue weighted by molar-refractivity contribution is -0.119. The SMILES string of the molecule is Cc1cccc(CNS(=O)(=O)c2ccc(N3CCCCC3=O)cc2)c1. The molecule has 1 aliphatic rings. The number of aryl methyl sites for hydroxylation is 1. The molecule has 0 aromatic heterocycles. The largest absolute Gasteiger partial charge is 0.312 e. The van der Waals surface area contributed by atoms with Crippen molar-refractivity contribution >= 4 is 21.6 Å². The van der Waals surface area contributed by atoms with Gasteiger partial charge in [-0.15, -0.1) is 0 Å². The number of nitrogens with one attached hydrogen (secondary N) is 1.